The number of rotatable bonds is 4. The first-order valence-electron chi connectivity index (χ1n) is 10.4. The van der Waals surface area contributed by atoms with Crippen LogP contribution in [0.3, 0.4) is 0 Å². The maximum absolute atomic E-state index is 12.2. The van der Waals surface area contributed by atoms with Crippen molar-refractivity contribution < 1.29 is 19.0 Å². The predicted molar refractivity (Wildman–Crippen MR) is 112 cm³/mol. The number of aromatic nitrogens is 2. The Hall–Kier alpha value is -2.81. The molecule has 1 aliphatic heterocycles. The summed E-state index contributed by atoms with van der Waals surface area (Å²) in [6.45, 7) is 2.99. The highest BCUT2D eigenvalue weighted by atomic mass is 16.5. The van der Waals surface area contributed by atoms with Gasteiger partial charge in [0, 0.05) is 37.9 Å². The first kappa shape index (κ1) is 20.5. The van der Waals surface area contributed by atoms with Crippen molar-refractivity contribution in [3.63, 3.8) is 0 Å². The number of amides is 1. The highest BCUT2D eigenvalue weighted by molar-refractivity contribution is 5.85. The highest BCUT2D eigenvalue weighted by Gasteiger charge is 2.25. The van der Waals surface area contributed by atoms with E-state index in [9.17, 15) is 9.59 Å². The molecule has 1 aliphatic carbocycles. The van der Waals surface area contributed by atoms with Crippen LogP contribution in [0.1, 0.15) is 25.7 Å². The number of carbonyl (C=O) groups is 1. The SMILES string of the molecule is COC(=O)NC1CCC(Oc2cc(N3CCOCC3)cc3ncc(=O)n(C)c23)CC1. The molecule has 0 radical (unpaired) electrons. The van der Waals surface area contributed by atoms with Gasteiger partial charge in [0.2, 0.25) is 0 Å². The molecular weight excluding hydrogens is 388 g/mol. The summed E-state index contributed by atoms with van der Waals surface area (Å²) in [5.74, 6) is 0.672. The number of aryl methyl sites for hydroxylation is 1. The van der Waals surface area contributed by atoms with Crippen LogP contribution in [-0.4, -0.2) is 61.2 Å². The Morgan fingerprint density at radius 2 is 1.93 bits per heavy atom. The maximum atomic E-state index is 12.2. The average molecular weight is 416 g/mol. The molecule has 0 bridgehead atoms. The van der Waals surface area contributed by atoms with E-state index in [4.69, 9.17) is 9.47 Å². The minimum atomic E-state index is -0.398. The molecule has 0 atom stereocenters. The number of alkyl carbamates (subject to hydrolysis) is 1. The quantitative estimate of drug-likeness (QED) is 0.812. The van der Waals surface area contributed by atoms with Crippen molar-refractivity contribution in [2.24, 2.45) is 7.05 Å². The minimum Gasteiger partial charge on any atom is -0.488 e. The molecule has 1 N–H and O–H groups in total. The predicted octanol–water partition coefficient (Wildman–Crippen LogP) is 1.82. The molecule has 4 rings (SSSR count). The van der Waals surface area contributed by atoms with E-state index in [1.807, 2.05) is 12.1 Å². The number of nitrogens with zero attached hydrogens (tertiary/aromatic N) is 3. The summed E-state index contributed by atoms with van der Waals surface area (Å²) >= 11 is 0. The average Bonchev–Trinajstić information content (AvgIpc) is 2.78. The molecule has 1 saturated carbocycles. The molecule has 1 aromatic heterocycles. The van der Waals surface area contributed by atoms with E-state index in [0.29, 0.717) is 24.5 Å². The van der Waals surface area contributed by atoms with Gasteiger partial charge in [-0.3, -0.25) is 4.79 Å². The fourth-order valence-electron chi connectivity index (χ4n) is 4.16. The van der Waals surface area contributed by atoms with Gasteiger partial charge in [-0.25, -0.2) is 9.78 Å². The van der Waals surface area contributed by atoms with E-state index in [1.165, 1.54) is 13.3 Å². The largest absolute Gasteiger partial charge is 0.488 e. The van der Waals surface area contributed by atoms with Crippen LogP contribution in [0.25, 0.3) is 11.0 Å². The summed E-state index contributed by atoms with van der Waals surface area (Å²) in [6.07, 6.45) is 4.22. The van der Waals surface area contributed by atoms with Gasteiger partial charge in [-0.2, -0.15) is 0 Å². The Bertz CT molecular complexity index is 962. The van der Waals surface area contributed by atoms with Gasteiger partial charge in [-0.15, -0.1) is 0 Å². The lowest BCUT2D eigenvalue weighted by molar-refractivity contribution is 0.122. The minimum absolute atomic E-state index is 0.0131. The molecule has 2 fully saturated rings. The molecule has 30 heavy (non-hydrogen) atoms. The van der Waals surface area contributed by atoms with Crippen LogP contribution in [0.2, 0.25) is 0 Å². The lowest BCUT2D eigenvalue weighted by atomic mass is 9.93. The Balaban J connectivity index is 1.58. The number of hydrogen-bond donors (Lipinski definition) is 1. The monoisotopic (exact) mass is 416 g/mol. The third-order valence-electron chi connectivity index (χ3n) is 5.87. The van der Waals surface area contributed by atoms with Crippen molar-refractivity contribution in [1.82, 2.24) is 14.9 Å². The maximum Gasteiger partial charge on any atom is 0.407 e. The van der Waals surface area contributed by atoms with Crippen LogP contribution >= 0.6 is 0 Å². The fourth-order valence-corrected chi connectivity index (χ4v) is 4.16. The second-order valence-corrected chi connectivity index (χ2v) is 7.79. The molecular formula is C21H28N4O5. The second kappa shape index (κ2) is 8.91. The Kier molecular flexibility index (Phi) is 6.08. The van der Waals surface area contributed by atoms with Crippen LogP contribution in [-0.2, 0) is 16.5 Å². The smallest absolute Gasteiger partial charge is 0.407 e. The Morgan fingerprint density at radius 3 is 2.63 bits per heavy atom. The first-order valence-corrected chi connectivity index (χ1v) is 10.4. The molecule has 0 spiro atoms. The van der Waals surface area contributed by atoms with Gasteiger partial charge in [0.15, 0.2) is 0 Å². The zero-order valence-electron chi connectivity index (χ0n) is 17.4. The number of carbonyl (C=O) groups excluding carboxylic acids is 1. The van der Waals surface area contributed by atoms with Crippen molar-refractivity contribution in [1.29, 1.82) is 0 Å². The fraction of sp³-hybridized carbons (Fsp3) is 0.571. The second-order valence-electron chi connectivity index (χ2n) is 7.79. The molecule has 2 aliphatic rings. The summed E-state index contributed by atoms with van der Waals surface area (Å²) in [5.41, 5.74) is 2.29. The van der Waals surface area contributed by atoms with E-state index in [-0.39, 0.29) is 17.7 Å². The van der Waals surface area contributed by atoms with Gasteiger partial charge in [0.05, 0.1) is 38.1 Å². The summed E-state index contributed by atoms with van der Waals surface area (Å²) in [6, 6.07) is 4.11. The van der Waals surface area contributed by atoms with Crippen molar-refractivity contribution in [2.75, 3.05) is 38.3 Å². The van der Waals surface area contributed by atoms with Crippen LogP contribution < -0.4 is 20.5 Å². The van der Waals surface area contributed by atoms with Gasteiger partial charge in [-0.05, 0) is 31.7 Å². The first-order chi connectivity index (χ1) is 14.5. The van der Waals surface area contributed by atoms with Crippen LogP contribution in [0.4, 0.5) is 10.5 Å². The van der Waals surface area contributed by atoms with Crippen LogP contribution in [0.5, 0.6) is 5.75 Å². The van der Waals surface area contributed by atoms with Crippen LogP contribution in [0, 0.1) is 0 Å². The van der Waals surface area contributed by atoms with Gasteiger partial charge in [-0.1, -0.05) is 0 Å². The number of anilines is 1. The van der Waals surface area contributed by atoms with Crippen molar-refractivity contribution >= 4 is 22.8 Å². The Morgan fingerprint density at radius 1 is 1.20 bits per heavy atom. The molecule has 9 nitrogen and oxygen atoms in total. The van der Waals surface area contributed by atoms with Crippen molar-refractivity contribution in [2.45, 2.75) is 37.8 Å². The zero-order valence-corrected chi connectivity index (χ0v) is 17.4. The van der Waals surface area contributed by atoms with Crippen molar-refractivity contribution in [3.8, 4) is 5.75 Å². The van der Waals surface area contributed by atoms with Crippen molar-refractivity contribution in [3.05, 3.63) is 28.7 Å². The molecule has 1 aromatic carbocycles. The number of hydrogen-bond acceptors (Lipinski definition) is 7. The van der Waals surface area contributed by atoms with E-state index in [0.717, 1.165) is 50.0 Å². The number of morpholine rings is 1. The third-order valence-corrected chi connectivity index (χ3v) is 5.87. The third kappa shape index (κ3) is 4.35. The van der Waals surface area contributed by atoms with E-state index in [1.54, 1.807) is 11.6 Å². The summed E-state index contributed by atoms with van der Waals surface area (Å²) < 4.78 is 18.2. The highest BCUT2D eigenvalue weighted by Crippen LogP contribution is 2.33. The molecule has 2 aromatic rings. The molecule has 9 heteroatoms. The molecule has 1 amide bonds. The lowest BCUT2D eigenvalue weighted by Gasteiger charge is -2.31. The van der Waals surface area contributed by atoms with Crippen LogP contribution in [0.15, 0.2) is 23.1 Å². The number of fused-ring (bicyclic) bond motifs is 1. The normalized spacial score (nSPS) is 22.0. The van der Waals surface area contributed by atoms with Gasteiger partial charge in [0.25, 0.3) is 5.56 Å². The summed E-state index contributed by atoms with van der Waals surface area (Å²) in [4.78, 5) is 30.3. The van der Waals surface area contributed by atoms with Gasteiger partial charge >= 0.3 is 6.09 Å². The number of nitrogens with one attached hydrogen (secondary N) is 1. The number of ether oxygens (including phenoxy) is 3. The molecule has 2 heterocycles. The lowest BCUT2D eigenvalue weighted by Crippen LogP contribution is -2.39. The van der Waals surface area contributed by atoms with Gasteiger partial charge < -0.3 is 29.0 Å². The Labute approximate surface area is 174 Å². The van der Waals surface area contributed by atoms with E-state index in [2.05, 4.69) is 19.9 Å². The molecule has 162 valence electrons. The molecule has 0 unspecified atom stereocenters. The number of methoxy groups -OCH3 is 1. The van der Waals surface area contributed by atoms with Gasteiger partial charge in [0.1, 0.15) is 11.3 Å². The zero-order chi connectivity index (χ0) is 21.1. The topological polar surface area (TPSA) is 94.9 Å². The number of benzene rings is 1. The van der Waals surface area contributed by atoms with E-state index < -0.39 is 6.09 Å². The molecule has 1 saturated heterocycles. The summed E-state index contributed by atoms with van der Waals surface area (Å²) in [7, 11) is 3.11. The standard InChI is InChI=1S/C21H28N4O5/c1-24-19(26)13-22-17-11-15(25-7-9-29-10-8-25)12-18(20(17)24)30-16-5-3-14(4-6-16)23-21(27)28-2/h11-14,16H,3-10H2,1-2H3,(H,23,27). The summed E-state index contributed by atoms with van der Waals surface area (Å²) in [5, 5.41) is 2.86. The van der Waals surface area contributed by atoms with E-state index >= 15 is 0 Å².